The van der Waals surface area contributed by atoms with Crippen LogP contribution < -0.4 is 0 Å². The number of non-ortho nitro benzene ring substituents is 2. The minimum Gasteiger partial charge on any atom is -0.387 e. The second-order valence-electron chi connectivity index (χ2n) is 12.8. The van der Waals surface area contributed by atoms with Gasteiger partial charge in [-0.3, -0.25) is 28.6 Å². The summed E-state index contributed by atoms with van der Waals surface area (Å²) in [6.07, 6.45) is -10.4. The lowest BCUT2D eigenvalue weighted by molar-refractivity contribution is -0.385. The summed E-state index contributed by atoms with van der Waals surface area (Å²) >= 11 is 0. The van der Waals surface area contributed by atoms with Crippen LogP contribution in [-0.4, -0.2) is 68.4 Å². The van der Waals surface area contributed by atoms with Gasteiger partial charge in [-0.05, 0) is 41.0 Å². The minimum absolute atomic E-state index is 0.177. The number of rotatable bonds is 17. The van der Waals surface area contributed by atoms with Gasteiger partial charge in [0.15, 0.2) is 0 Å². The van der Waals surface area contributed by atoms with Gasteiger partial charge in [-0.2, -0.15) is 16.8 Å². The van der Waals surface area contributed by atoms with Crippen molar-refractivity contribution in [1.82, 2.24) is 0 Å². The van der Waals surface area contributed by atoms with Crippen molar-refractivity contribution in [3.05, 3.63) is 176 Å². The van der Waals surface area contributed by atoms with Crippen LogP contribution in [0.5, 0.6) is 0 Å². The summed E-state index contributed by atoms with van der Waals surface area (Å²) in [4.78, 5) is 20.2. The Hall–Kier alpha value is -5.44. The molecule has 1 aliphatic rings. The number of ether oxygens (including phenoxy) is 3. The Morgan fingerprint density at radius 1 is 0.456 bits per heavy atom. The maximum atomic E-state index is 14.0. The van der Waals surface area contributed by atoms with Crippen LogP contribution in [0, 0.1) is 20.2 Å². The Balaban J connectivity index is 1.46. The van der Waals surface area contributed by atoms with Gasteiger partial charge >= 0.3 is 0 Å². The molecule has 6 atom stereocenters. The SMILES string of the molecule is O=[N+]([O-])c1ccc(S(=O)(=O)O[C@@H]2C(OCc3ccccc3)[C@H](OS(=O)(=O)c3ccc([N+](=O)[O-])cc3)[C@@H](OCc3ccccc3)C(O)[C@H]2OCc2ccccc2)cc1. The maximum Gasteiger partial charge on any atom is 0.297 e. The van der Waals surface area contributed by atoms with E-state index < -0.39 is 87.9 Å². The second-order valence-corrected chi connectivity index (χ2v) is 16.0. The Bertz CT molecular complexity index is 2190. The van der Waals surface area contributed by atoms with E-state index in [4.69, 9.17) is 22.6 Å². The molecule has 1 aliphatic carbocycles. The van der Waals surface area contributed by atoms with Gasteiger partial charge in [0.2, 0.25) is 0 Å². The fourth-order valence-electron chi connectivity index (χ4n) is 6.10. The molecule has 0 amide bonds. The molecule has 5 aromatic rings. The van der Waals surface area contributed by atoms with Crippen molar-refractivity contribution in [2.45, 2.75) is 66.2 Å². The Morgan fingerprint density at radius 2 is 0.754 bits per heavy atom. The summed E-state index contributed by atoms with van der Waals surface area (Å²) in [6.45, 7) is -0.597. The van der Waals surface area contributed by atoms with Crippen LogP contribution in [0.3, 0.4) is 0 Å². The van der Waals surface area contributed by atoms with Crippen LogP contribution in [0.4, 0.5) is 11.4 Å². The van der Waals surface area contributed by atoms with Crippen LogP contribution in [0.15, 0.2) is 149 Å². The molecule has 16 nitrogen and oxygen atoms in total. The zero-order chi connectivity index (χ0) is 40.6. The summed E-state index contributed by atoms with van der Waals surface area (Å²) in [5, 5.41) is 34.8. The third kappa shape index (κ3) is 10.3. The smallest absolute Gasteiger partial charge is 0.297 e. The van der Waals surface area contributed by atoms with Gasteiger partial charge < -0.3 is 19.3 Å². The van der Waals surface area contributed by atoms with Gasteiger partial charge in [-0.15, -0.1) is 0 Å². The van der Waals surface area contributed by atoms with Gasteiger partial charge in [-0.1, -0.05) is 91.0 Å². The van der Waals surface area contributed by atoms with E-state index in [2.05, 4.69) is 0 Å². The first-order chi connectivity index (χ1) is 27.3. The fourth-order valence-corrected chi connectivity index (χ4v) is 8.29. The van der Waals surface area contributed by atoms with Gasteiger partial charge in [0.25, 0.3) is 31.6 Å². The van der Waals surface area contributed by atoms with Crippen molar-refractivity contribution >= 4 is 31.6 Å². The number of nitro benzene ring substituents is 2. The first kappa shape index (κ1) is 41.2. The molecule has 0 saturated heterocycles. The molecule has 6 rings (SSSR count). The number of nitro groups is 2. The van der Waals surface area contributed by atoms with Crippen molar-refractivity contribution in [2.75, 3.05) is 0 Å². The molecule has 0 heterocycles. The van der Waals surface area contributed by atoms with Gasteiger partial charge in [-0.25, -0.2) is 0 Å². The number of aliphatic hydroxyl groups is 1. The largest absolute Gasteiger partial charge is 0.387 e. The standard InChI is InChI=1S/C39H36N2O14S2/c42-34-35(51-24-27-10-4-1-5-11-27)38(54-56(47,48)32-20-16-30(17-21-32)40(43)44)37(53-26-29-14-8-3-9-15-29)39(36(34)52-25-28-12-6-2-7-13-28)55-57(49,50)33-22-18-31(19-23-33)41(45)46/h1-23,34-39,42H,24-26H2/t34?,35-,36+,37?,38+,39-. The maximum absolute atomic E-state index is 14.0. The molecule has 5 aromatic carbocycles. The highest BCUT2D eigenvalue weighted by atomic mass is 32.2. The van der Waals surface area contributed by atoms with E-state index in [0.717, 1.165) is 48.5 Å². The van der Waals surface area contributed by atoms with E-state index in [-0.39, 0.29) is 19.8 Å². The summed E-state index contributed by atoms with van der Waals surface area (Å²) in [6, 6.07) is 33.8. The Labute approximate surface area is 327 Å². The van der Waals surface area contributed by atoms with Crippen molar-refractivity contribution in [1.29, 1.82) is 0 Å². The fraction of sp³-hybridized carbons (Fsp3) is 0.231. The van der Waals surface area contributed by atoms with Crippen LogP contribution >= 0.6 is 0 Å². The molecule has 0 spiro atoms. The summed E-state index contributed by atoms with van der Waals surface area (Å²) < 4.78 is 86.4. The predicted octanol–water partition coefficient (Wildman–Crippen LogP) is 5.48. The zero-order valence-corrected chi connectivity index (χ0v) is 31.5. The number of nitrogens with zero attached hydrogens (tertiary/aromatic N) is 2. The normalized spacial score (nSPS) is 21.1. The molecule has 0 bridgehead atoms. The molecule has 298 valence electrons. The van der Waals surface area contributed by atoms with Gasteiger partial charge in [0.05, 0.1) is 39.5 Å². The second kappa shape index (κ2) is 18.2. The molecular weight excluding hydrogens is 785 g/mol. The van der Waals surface area contributed by atoms with Gasteiger partial charge in [0, 0.05) is 24.3 Å². The minimum atomic E-state index is -4.87. The molecular formula is C39H36N2O14S2. The van der Waals surface area contributed by atoms with E-state index in [1.165, 1.54) is 0 Å². The summed E-state index contributed by atoms with van der Waals surface area (Å²) in [7, 11) is -9.73. The summed E-state index contributed by atoms with van der Waals surface area (Å²) in [5.41, 5.74) is 1.06. The summed E-state index contributed by atoms with van der Waals surface area (Å²) in [5.74, 6) is 0. The highest BCUT2D eigenvalue weighted by Gasteiger charge is 2.57. The van der Waals surface area contributed by atoms with E-state index in [9.17, 15) is 42.2 Å². The molecule has 1 fully saturated rings. The first-order valence-electron chi connectivity index (χ1n) is 17.3. The van der Waals surface area contributed by atoms with E-state index in [1.807, 2.05) is 0 Å². The molecule has 57 heavy (non-hydrogen) atoms. The number of hydrogen-bond donors (Lipinski definition) is 1. The van der Waals surface area contributed by atoms with E-state index in [0.29, 0.717) is 16.7 Å². The molecule has 1 N–H and O–H groups in total. The van der Waals surface area contributed by atoms with Crippen LogP contribution in [0.25, 0.3) is 0 Å². The molecule has 0 aromatic heterocycles. The van der Waals surface area contributed by atoms with Crippen LogP contribution in [-0.2, 0) is 62.6 Å². The third-order valence-corrected chi connectivity index (χ3v) is 11.6. The van der Waals surface area contributed by atoms with E-state index in [1.54, 1.807) is 91.0 Å². The third-order valence-electron chi connectivity index (χ3n) is 8.97. The molecule has 0 aliphatic heterocycles. The predicted molar refractivity (Wildman–Crippen MR) is 201 cm³/mol. The lowest BCUT2D eigenvalue weighted by Gasteiger charge is -2.47. The lowest BCUT2D eigenvalue weighted by Crippen LogP contribution is -2.67. The van der Waals surface area contributed by atoms with Crippen molar-refractivity contribution in [3.8, 4) is 0 Å². The topological polar surface area (TPSA) is 221 Å². The Morgan fingerprint density at radius 3 is 1.05 bits per heavy atom. The van der Waals surface area contributed by atoms with Crippen molar-refractivity contribution < 1.29 is 54.4 Å². The highest BCUT2D eigenvalue weighted by Crippen LogP contribution is 2.37. The van der Waals surface area contributed by atoms with Crippen molar-refractivity contribution in [3.63, 3.8) is 0 Å². The lowest BCUT2D eigenvalue weighted by atomic mass is 9.84. The van der Waals surface area contributed by atoms with Crippen molar-refractivity contribution in [2.24, 2.45) is 0 Å². The first-order valence-corrected chi connectivity index (χ1v) is 20.1. The molecule has 18 heteroatoms. The molecule has 0 radical (unpaired) electrons. The van der Waals surface area contributed by atoms with E-state index >= 15 is 0 Å². The van der Waals surface area contributed by atoms with Crippen LogP contribution in [0.2, 0.25) is 0 Å². The number of benzene rings is 5. The van der Waals surface area contributed by atoms with Gasteiger partial charge in [0.1, 0.15) is 36.6 Å². The number of aliphatic hydroxyl groups excluding tert-OH is 1. The zero-order valence-electron chi connectivity index (χ0n) is 29.8. The Kier molecular flexibility index (Phi) is 13.2. The quantitative estimate of drug-likeness (QED) is 0.0697. The van der Waals surface area contributed by atoms with Crippen LogP contribution in [0.1, 0.15) is 16.7 Å². The molecule has 1 saturated carbocycles. The monoisotopic (exact) mass is 820 g/mol. The number of hydrogen-bond acceptors (Lipinski definition) is 14. The highest BCUT2D eigenvalue weighted by molar-refractivity contribution is 7.87. The average molecular weight is 821 g/mol. The average Bonchev–Trinajstić information content (AvgIpc) is 3.21. The molecule has 2 unspecified atom stereocenters.